The Morgan fingerprint density at radius 3 is 2.45 bits per heavy atom. The van der Waals surface area contributed by atoms with E-state index < -0.39 is 0 Å². The van der Waals surface area contributed by atoms with E-state index in [0.717, 1.165) is 37.1 Å². The number of rotatable bonds is 3. The molecule has 6 rings (SSSR count). The maximum Gasteiger partial charge on any atom is 0.410 e. The van der Waals surface area contributed by atoms with E-state index in [9.17, 15) is 4.79 Å². The van der Waals surface area contributed by atoms with Crippen LogP contribution in [0.5, 0.6) is 0 Å². The summed E-state index contributed by atoms with van der Waals surface area (Å²) in [7, 11) is 0. The van der Waals surface area contributed by atoms with E-state index in [0.29, 0.717) is 6.61 Å². The normalized spacial score (nSPS) is 21.2. The molecule has 166 valence electrons. The van der Waals surface area contributed by atoms with E-state index in [-0.39, 0.29) is 24.1 Å². The number of hydrogen-bond acceptors (Lipinski definition) is 4. The number of ether oxygens (including phenoxy) is 1. The van der Waals surface area contributed by atoms with Crippen LogP contribution in [0.4, 0.5) is 4.79 Å². The van der Waals surface area contributed by atoms with Crippen LogP contribution in [0.25, 0.3) is 16.7 Å². The monoisotopic (exact) mass is 437 g/mol. The molecule has 1 aliphatic carbocycles. The maximum atomic E-state index is 13.3. The fraction of sp³-hybridized carbons (Fsp3) is 0.321. The van der Waals surface area contributed by atoms with Gasteiger partial charge in [-0.1, -0.05) is 54.6 Å². The van der Waals surface area contributed by atoms with Gasteiger partial charge in [0, 0.05) is 18.2 Å². The number of amides is 1. The van der Waals surface area contributed by atoms with E-state index in [4.69, 9.17) is 4.74 Å². The van der Waals surface area contributed by atoms with Crippen LogP contribution < -0.4 is 0 Å². The number of aromatic nitrogens is 2. The van der Waals surface area contributed by atoms with Crippen molar-refractivity contribution in [3.63, 3.8) is 0 Å². The quantitative estimate of drug-likeness (QED) is 0.524. The first kappa shape index (κ1) is 20.2. The fourth-order valence-electron chi connectivity index (χ4n) is 5.79. The van der Waals surface area contributed by atoms with E-state index in [1.165, 1.54) is 27.8 Å². The molecule has 5 heteroatoms. The number of hydrogen-bond donors (Lipinski definition) is 0. The molecule has 2 bridgehead atoms. The molecular weight excluding hydrogens is 410 g/mol. The molecule has 33 heavy (non-hydrogen) atoms. The minimum atomic E-state index is -0.197. The van der Waals surface area contributed by atoms with Crippen LogP contribution in [0.1, 0.15) is 54.1 Å². The lowest BCUT2D eigenvalue weighted by Crippen LogP contribution is -2.52. The first-order valence-electron chi connectivity index (χ1n) is 11.8. The Kier molecular flexibility index (Phi) is 4.97. The molecule has 2 aromatic carbocycles. The SMILES string of the molecule is Cc1cncc(C2=CC3CCCC(C2)N3C(=O)OCC2c3ccccc3-c3ccccc32)n1. The van der Waals surface area contributed by atoms with E-state index in [1.54, 1.807) is 6.20 Å². The van der Waals surface area contributed by atoms with Crippen molar-refractivity contribution >= 4 is 11.7 Å². The van der Waals surface area contributed by atoms with Crippen LogP contribution in [0, 0.1) is 6.92 Å². The van der Waals surface area contributed by atoms with Gasteiger partial charge in [-0.3, -0.25) is 14.9 Å². The third-order valence-electron chi connectivity index (χ3n) is 7.27. The first-order chi connectivity index (χ1) is 16.2. The third kappa shape index (κ3) is 3.52. The highest BCUT2D eigenvalue weighted by molar-refractivity contribution is 5.79. The Morgan fingerprint density at radius 1 is 1.03 bits per heavy atom. The van der Waals surface area contributed by atoms with Crippen LogP contribution in [0.15, 0.2) is 67.0 Å². The molecule has 3 aromatic rings. The van der Waals surface area contributed by atoms with E-state index in [1.807, 2.05) is 18.0 Å². The summed E-state index contributed by atoms with van der Waals surface area (Å²) in [5.74, 6) is 0.0830. The number of fused-ring (bicyclic) bond motifs is 5. The number of carbonyl (C=O) groups excluding carboxylic acids is 1. The zero-order valence-corrected chi connectivity index (χ0v) is 18.8. The number of aryl methyl sites for hydroxylation is 1. The predicted molar refractivity (Wildman–Crippen MR) is 128 cm³/mol. The van der Waals surface area contributed by atoms with Crippen LogP contribution >= 0.6 is 0 Å². The highest BCUT2D eigenvalue weighted by Gasteiger charge is 2.39. The predicted octanol–water partition coefficient (Wildman–Crippen LogP) is 5.74. The van der Waals surface area contributed by atoms with Gasteiger partial charge < -0.3 is 4.74 Å². The number of nitrogens with zero attached hydrogens (tertiary/aromatic N) is 3. The van der Waals surface area contributed by atoms with Gasteiger partial charge in [-0.25, -0.2) is 4.79 Å². The molecule has 0 spiro atoms. The maximum absolute atomic E-state index is 13.3. The highest BCUT2D eigenvalue weighted by atomic mass is 16.6. The zero-order chi connectivity index (χ0) is 22.4. The summed E-state index contributed by atoms with van der Waals surface area (Å²) in [5, 5.41) is 0. The molecule has 0 N–H and O–H groups in total. The minimum Gasteiger partial charge on any atom is -0.448 e. The van der Waals surface area contributed by atoms with E-state index in [2.05, 4.69) is 64.6 Å². The molecule has 1 amide bonds. The van der Waals surface area contributed by atoms with Crippen LogP contribution in [0.3, 0.4) is 0 Å². The molecule has 0 saturated carbocycles. The van der Waals surface area contributed by atoms with Gasteiger partial charge in [0.05, 0.1) is 23.6 Å². The second-order valence-corrected chi connectivity index (χ2v) is 9.31. The average molecular weight is 438 g/mol. The van der Waals surface area contributed by atoms with Gasteiger partial charge in [-0.2, -0.15) is 0 Å². The Bertz CT molecular complexity index is 1210. The largest absolute Gasteiger partial charge is 0.448 e. The summed E-state index contributed by atoms with van der Waals surface area (Å²) < 4.78 is 6.01. The van der Waals surface area contributed by atoms with Crippen molar-refractivity contribution in [2.24, 2.45) is 0 Å². The van der Waals surface area contributed by atoms with Crippen molar-refractivity contribution in [1.82, 2.24) is 14.9 Å². The lowest BCUT2D eigenvalue weighted by atomic mass is 9.84. The van der Waals surface area contributed by atoms with Crippen molar-refractivity contribution in [3.05, 3.63) is 89.5 Å². The molecular formula is C28H27N3O2. The summed E-state index contributed by atoms with van der Waals surface area (Å²) in [5.41, 5.74) is 8.02. The van der Waals surface area contributed by atoms with E-state index >= 15 is 0 Å². The Morgan fingerprint density at radius 2 is 1.76 bits per heavy atom. The lowest BCUT2D eigenvalue weighted by molar-refractivity contribution is 0.0538. The number of carbonyl (C=O) groups is 1. The summed E-state index contributed by atoms with van der Waals surface area (Å²) >= 11 is 0. The van der Waals surface area contributed by atoms with Gasteiger partial charge >= 0.3 is 6.09 Å². The van der Waals surface area contributed by atoms with Gasteiger partial charge in [0.2, 0.25) is 0 Å². The average Bonchev–Trinajstić information content (AvgIpc) is 3.15. The summed E-state index contributed by atoms with van der Waals surface area (Å²) in [6.07, 6.45) is 9.51. The third-order valence-corrected chi connectivity index (χ3v) is 7.27. The van der Waals surface area contributed by atoms with Crippen molar-refractivity contribution in [3.8, 4) is 11.1 Å². The molecule has 5 nitrogen and oxygen atoms in total. The fourth-order valence-corrected chi connectivity index (χ4v) is 5.79. The van der Waals surface area contributed by atoms with Crippen molar-refractivity contribution < 1.29 is 9.53 Å². The van der Waals surface area contributed by atoms with Crippen LogP contribution in [-0.2, 0) is 4.74 Å². The molecule has 1 fully saturated rings. The lowest BCUT2D eigenvalue weighted by Gasteiger charge is -2.44. The second kappa shape index (κ2) is 8.14. The van der Waals surface area contributed by atoms with Gasteiger partial charge in [-0.15, -0.1) is 0 Å². The minimum absolute atomic E-state index is 0.0606. The first-order valence-corrected chi connectivity index (χ1v) is 11.8. The Hall–Kier alpha value is -3.47. The summed E-state index contributed by atoms with van der Waals surface area (Å²) in [4.78, 5) is 24.3. The molecule has 2 unspecified atom stereocenters. The van der Waals surface area contributed by atoms with Gasteiger partial charge in [0.1, 0.15) is 6.61 Å². The zero-order valence-electron chi connectivity index (χ0n) is 18.8. The second-order valence-electron chi connectivity index (χ2n) is 9.31. The molecule has 1 saturated heterocycles. The van der Waals surface area contributed by atoms with Crippen molar-refractivity contribution in [1.29, 1.82) is 0 Å². The topological polar surface area (TPSA) is 55.3 Å². The number of piperidine rings is 1. The molecule has 0 radical (unpaired) electrons. The number of benzene rings is 2. The summed E-state index contributed by atoms with van der Waals surface area (Å²) in [6, 6.07) is 17.1. The standard InChI is InChI=1S/C28H27N3O2/c1-18-15-29-16-27(30-18)19-13-20-7-6-8-21(14-19)31(20)28(32)33-17-26-24-11-4-2-9-22(24)23-10-3-5-12-25(23)26/h2-5,9-13,15-16,20-21,26H,6-8,14,17H2,1H3. The van der Waals surface area contributed by atoms with Crippen LogP contribution in [0.2, 0.25) is 0 Å². The van der Waals surface area contributed by atoms with Crippen molar-refractivity contribution in [2.75, 3.05) is 6.61 Å². The van der Waals surface area contributed by atoms with Crippen molar-refractivity contribution in [2.45, 2.75) is 50.6 Å². The van der Waals surface area contributed by atoms with Gasteiger partial charge in [-0.05, 0) is 60.4 Å². The van der Waals surface area contributed by atoms with Gasteiger partial charge in [0.25, 0.3) is 0 Å². The molecule has 1 aromatic heterocycles. The highest BCUT2D eigenvalue weighted by Crippen LogP contribution is 2.45. The van der Waals surface area contributed by atoms with Gasteiger partial charge in [0.15, 0.2) is 0 Å². The van der Waals surface area contributed by atoms with Crippen LogP contribution in [-0.4, -0.2) is 39.7 Å². The Balaban J connectivity index is 1.22. The molecule has 2 aliphatic heterocycles. The summed E-state index contributed by atoms with van der Waals surface area (Å²) in [6.45, 7) is 2.33. The molecule has 3 heterocycles. The Labute approximate surface area is 194 Å². The molecule has 3 aliphatic rings. The smallest absolute Gasteiger partial charge is 0.410 e. The molecule has 2 atom stereocenters.